The van der Waals surface area contributed by atoms with E-state index in [4.69, 9.17) is 9.84 Å². The number of aliphatic carboxylic acids is 1. The lowest BCUT2D eigenvalue weighted by atomic mass is 9.95. The predicted molar refractivity (Wildman–Crippen MR) is 66.5 cm³/mol. The van der Waals surface area contributed by atoms with E-state index in [-0.39, 0.29) is 6.03 Å². The SMILES string of the molecule is CCC(C(=O)O)N(C)C(=O)NC1(C)CCCOC1. The number of carboxylic acids is 1. The number of hydrogen-bond acceptors (Lipinski definition) is 3. The van der Waals surface area contributed by atoms with E-state index in [1.54, 1.807) is 6.92 Å². The van der Waals surface area contributed by atoms with Gasteiger partial charge in [0.25, 0.3) is 0 Å². The first-order valence-corrected chi connectivity index (χ1v) is 6.25. The molecule has 2 atom stereocenters. The van der Waals surface area contributed by atoms with Crippen molar-refractivity contribution in [3.63, 3.8) is 0 Å². The van der Waals surface area contributed by atoms with Crippen LogP contribution in [-0.4, -0.2) is 53.8 Å². The minimum atomic E-state index is -0.986. The molecule has 0 aliphatic carbocycles. The van der Waals surface area contributed by atoms with Crippen LogP contribution in [0.4, 0.5) is 4.79 Å². The van der Waals surface area contributed by atoms with Crippen molar-refractivity contribution in [3.05, 3.63) is 0 Å². The standard InChI is InChI=1S/C12H22N2O4/c1-4-9(10(15)16)14(3)11(17)13-12(2)6-5-7-18-8-12/h9H,4-8H2,1-3H3,(H,13,17)(H,15,16). The molecule has 0 bridgehead atoms. The van der Waals surface area contributed by atoms with Crippen LogP contribution in [-0.2, 0) is 9.53 Å². The third kappa shape index (κ3) is 3.60. The summed E-state index contributed by atoms with van der Waals surface area (Å²) in [6.45, 7) is 4.85. The number of hydrogen-bond donors (Lipinski definition) is 2. The Labute approximate surface area is 107 Å². The van der Waals surface area contributed by atoms with Gasteiger partial charge >= 0.3 is 12.0 Å². The third-order valence-corrected chi connectivity index (χ3v) is 3.31. The van der Waals surface area contributed by atoms with E-state index in [2.05, 4.69) is 5.32 Å². The van der Waals surface area contributed by atoms with E-state index >= 15 is 0 Å². The molecule has 18 heavy (non-hydrogen) atoms. The highest BCUT2D eigenvalue weighted by molar-refractivity contribution is 5.82. The number of carboxylic acid groups (broad SMARTS) is 1. The summed E-state index contributed by atoms with van der Waals surface area (Å²) in [6.07, 6.45) is 2.12. The van der Waals surface area contributed by atoms with Crippen molar-refractivity contribution in [2.45, 2.75) is 44.7 Å². The van der Waals surface area contributed by atoms with Gasteiger partial charge in [-0.1, -0.05) is 6.92 Å². The molecule has 2 unspecified atom stereocenters. The van der Waals surface area contributed by atoms with Crippen LogP contribution in [0.2, 0.25) is 0 Å². The van der Waals surface area contributed by atoms with E-state index < -0.39 is 17.6 Å². The Hall–Kier alpha value is -1.30. The zero-order chi connectivity index (χ0) is 13.8. The fraction of sp³-hybridized carbons (Fsp3) is 0.833. The molecule has 1 fully saturated rings. The van der Waals surface area contributed by atoms with Gasteiger partial charge in [0, 0.05) is 13.7 Å². The average Bonchev–Trinajstić information content (AvgIpc) is 2.29. The lowest BCUT2D eigenvalue weighted by molar-refractivity contribution is -0.141. The lowest BCUT2D eigenvalue weighted by Crippen LogP contribution is -2.57. The molecule has 1 heterocycles. The van der Waals surface area contributed by atoms with Gasteiger partial charge in [0.2, 0.25) is 0 Å². The monoisotopic (exact) mass is 258 g/mol. The van der Waals surface area contributed by atoms with Gasteiger partial charge in [0.1, 0.15) is 6.04 Å². The quantitative estimate of drug-likeness (QED) is 0.790. The van der Waals surface area contributed by atoms with Gasteiger partial charge in [-0.2, -0.15) is 0 Å². The van der Waals surface area contributed by atoms with E-state index in [1.807, 2.05) is 6.92 Å². The maximum Gasteiger partial charge on any atom is 0.326 e. The maximum absolute atomic E-state index is 12.0. The second kappa shape index (κ2) is 6.04. The average molecular weight is 258 g/mol. The summed E-state index contributed by atoms with van der Waals surface area (Å²) < 4.78 is 5.35. The highest BCUT2D eigenvalue weighted by Crippen LogP contribution is 2.18. The van der Waals surface area contributed by atoms with E-state index in [0.29, 0.717) is 19.6 Å². The zero-order valence-corrected chi connectivity index (χ0v) is 11.2. The van der Waals surface area contributed by atoms with Crippen LogP contribution in [0.15, 0.2) is 0 Å². The Morgan fingerprint density at radius 1 is 1.56 bits per heavy atom. The number of ether oxygens (including phenoxy) is 1. The largest absolute Gasteiger partial charge is 0.480 e. The number of amides is 2. The molecule has 1 saturated heterocycles. The van der Waals surface area contributed by atoms with Gasteiger partial charge in [0.05, 0.1) is 12.1 Å². The first-order valence-electron chi connectivity index (χ1n) is 6.25. The Balaban J connectivity index is 2.60. The number of likely N-dealkylation sites (N-methyl/N-ethyl adjacent to an activating group) is 1. The highest BCUT2D eigenvalue weighted by atomic mass is 16.5. The van der Waals surface area contributed by atoms with Crippen LogP contribution in [0.1, 0.15) is 33.1 Å². The molecule has 0 aromatic carbocycles. The number of carbonyl (C=O) groups is 2. The summed E-state index contributed by atoms with van der Waals surface area (Å²) in [5.74, 6) is -0.986. The first kappa shape index (κ1) is 14.8. The van der Waals surface area contributed by atoms with Crippen molar-refractivity contribution in [1.82, 2.24) is 10.2 Å². The van der Waals surface area contributed by atoms with E-state index in [9.17, 15) is 9.59 Å². The van der Waals surface area contributed by atoms with E-state index in [0.717, 1.165) is 12.8 Å². The van der Waals surface area contributed by atoms with Crippen molar-refractivity contribution in [3.8, 4) is 0 Å². The Bertz CT molecular complexity index is 313. The summed E-state index contributed by atoms with van der Waals surface area (Å²) in [7, 11) is 1.50. The molecule has 0 aromatic rings. The second-order valence-corrected chi connectivity index (χ2v) is 5.02. The zero-order valence-electron chi connectivity index (χ0n) is 11.2. The normalized spacial score (nSPS) is 25.3. The molecular weight excluding hydrogens is 236 g/mol. The lowest BCUT2D eigenvalue weighted by Gasteiger charge is -2.36. The smallest absolute Gasteiger partial charge is 0.326 e. The summed E-state index contributed by atoms with van der Waals surface area (Å²) >= 11 is 0. The molecule has 2 N–H and O–H groups in total. The van der Waals surface area contributed by atoms with Gasteiger partial charge in [-0.25, -0.2) is 9.59 Å². The number of nitrogens with zero attached hydrogens (tertiary/aromatic N) is 1. The molecule has 1 aliphatic heterocycles. The summed E-state index contributed by atoms with van der Waals surface area (Å²) in [6, 6.07) is -1.16. The van der Waals surface area contributed by atoms with Crippen LogP contribution in [0.25, 0.3) is 0 Å². The Morgan fingerprint density at radius 3 is 2.67 bits per heavy atom. The van der Waals surface area contributed by atoms with Crippen LogP contribution >= 0.6 is 0 Å². The molecule has 6 nitrogen and oxygen atoms in total. The molecular formula is C12H22N2O4. The van der Waals surface area contributed by atoms with Crippen molar-refractivity contribution in [2.75, 3.05) is 20.3 Å². The van der Waals surface area contributed by atoms with Crippen molar-refractivity contribution < 1.29 is 19.4 Å². The van der Waals surface area contributed by atoms with Gasteiger partial charge in [-0.05, 0) is 26.2 Å². The number of nitrogens with one attached hydrogen (secondary N) is 1. The van der Waals surface area contributed by atoms with Gasteiger partial charge in [-0.15, -0.1) is 0 Å². The molecule has 104 valence electrons. The van der Waals surface area contributed by atoms with E-state index in [1.165, 1.54) is 11.9 Å². The van der Waals surface area contributed by atoms with Crippen molar-refractivity contribution >= 4 is 12.0 Å². The molecule has 1 aliphatic rings. The highest BCUT2D eigenvalue weighted by Gasteiger charge is 2.32. The van der Waals surface area contributed by atoms with Gasteiger partial charge < -0.3 is 20.1 Å². The maximum atomic E-state index is 12.0. The van der Waals surface area contributed by atoms with Crippen molar-refractivity contribution in [1.29, 1.82) is 0 Å². The van der Waals surface area contributed by atoms with Crippen LogP contribution < -0.4 is 5.32 Å². The third-order valence-electron chi connectivity index (χ3n) is 3.31. The number of urea groups is 1. The van der Waals surface area contributed by atoms with Crippen molar-refractivity contribution in [2.24, 2.45) is 0 Å². The molecule has 6 heteroatoms. The fourth-order valence-electron chi connectivity index (χ4n) is 2.13. The number of rotatable bonds is 4. The van der Waals surface area contributed by atoms with Crippen LogP contribution in [0, 0.1) is 0 Å². The van der Waals surface area contributed by atoms with Gasteiger partial charge in [0.15, 0.2) is 0 Å². The first-order chi connectivity index (χ1) is 8.39. The minimum absolute atomic E-state index is 0.364. The summed E-state index contributed by atoms with van der Waals surface area (Å²) in [4.78, 5) is 24.3. The Morgan fingerprint density at radius 2 is 2.22 bits per heavy atom. The fourth-order valence-corrected chi connectivity index (χ4v) is 2.13. The topological polar surface area (TPSA) is 78.9 Å². The van der Waals surface area contributed by atoms with Crippen LogP contribution in [0.3, 0.4) is 0 Å². The minimum Gasteiger partial charge on any atom is -0.480 e. The summed E-state index contributed by atoms with van der Waals surface area (Å²) in [5, 5.41) is 11.9. The Kier molecular flexibility index (Phi) is 4.95. The molecule has 0 aromatic heterocycles. The van der Waals surface area contributed by atoms with Crippen LogP contribution in [0.5, 0.6) is 0 Å². The molecule has 1 rings (SSSR count). The molecule has 0 saturated carbocycles. The van der Waals surface area contributed by atoms with Gasteiger partial charge in [-0.3, -0.25) is 0 Å². The summed E-state index contributed by atoms with van der Waals surface area (Å²) in [5.41, 5.74) is -0.402. The molecule has 0 spiro atoms. The molecule has 0 radical (unpaired) electrons. The number of carbonyl (C=O) groups excluding carboxylic acids is 1. The molecule has 2 amide bonds. The second-order valence-electron chi connectivity index (χ2n) is 5.02. The predicted octanol–water partition coefficient (Wildman–Crippen LogP) is 1.06.